The van der Waals surface area contributed by atoms with Crippen molar-refractivity contribution in [1.29, 1.82) is 0 Å². The number of rotatable bonds is 2. The smallest absolute Gasteiger partial charge is 0.308 e. The summed E-state index contributed by atoms with van der Waals surface area (Å²) in [5, 5.41) is 9.23. The van der Waals surface area contributed by atoms with Gasteiger partial charge in [0.05, 0.1) is 11.3 Å². The van der Waals surface area contributed by atoms with Gasteiger partial charge in [-0.1, -0.05) is 24.3 Å². The molecular formula is C18H23NO3. The second-order valence-electron chi connectivity index (χ2n) is 6.77. The van der Waals surface area contributed by atoms with Crippen molar-refractivity contribution in [2.24, 2.45) is 5.92 Å². The summed E-state index contributed by atoms with van der Waals surface area (Å²) < 4.78 is 0. The summed E-state index contributed by atoms with van der Waals surface area (Å²) >= 11 is 0. The zero-order valence-corrected chi connectivity index (χ0v) is 13.0. The van der Waals surface area contributed by atoms with Crippen LogP contribution in [-0.4, -0.2) is 35.0 Å². The Morgan fingerprint density at radius 1 is 1.27 bits per heavy atom. The van der Waals surface area contributed by atoms with Gasteiger partial charge in [0.25, 0.3) is 0 Å². The summed E-state index contributed by atoms with van der Waals surface area (Å²) in [7, 11) is 0. The number of carboxylic acid groups (broad SMARTS) is 1. The van der Waals surface area contributed by atoms with Crippen LogP contribution >= 0.6 is 0 Å². The number of amides is 1. The van der Waals surface area contributed by atoms with Crippen LogP contribution in [-0.2, 0) is 21.4 Å². The Labute approximate surface area is 131 Å². The standard InChI is InChI=1S/C18H23NO3/c1-18(10-4-7-13-6-2-3-9-15(13)18)17(22)19-11-5-8-14(12-19)16(20)21/h2-3,6,9,14H,4-5,7-8,10-12H2,1H3,(H,20,21)/t14-,18?/m0/s1. The molecule has 1 amide bonds. The van der Waals surface area contributed by atoms with E-state index in [4.69, 9.17) is 0 Å². The van der Waals surface area contributed by atoms with Gasteiger partial charge in [0.2, 0.25) is 5.91 Å². The number of benzene rings is 1. The molecule has 1 saturated heterocycles. The maximum atomic E-state index is 13.1. The molecule has 1 heterocycles. The molecule has 22 heavy (non-hydrogen) atoms. The Morgan fingerprint density at radius 2 is 2.05 bits per heavy atom. The highest BCUT2D eigenvalue weighted by atomic mass is 16.4. The van der Waals surface area contributed by atoms with Crippen LogP contribution in [0.5, 0.6) is 0 Å². The molecule has 1 N–H and O–H groups in total. The third-order valence-electron chi connectivity index (χ3n) is 5.26. The Balaban J connectivity index is 1.87. The normalized spacial score (nSPS) is 28.0. The van der Waals surface area contributed by atoms with Crippen molar-refractivity contribution >= 4 is 11.9 Å². The molecule has 1 aromatic rings. The van der Waals surface area contributed by atoms with Crippen molar-refractivity contribution in [1.82, 2.24) is 4.90 Å². The third-order valence-corrected chi connectivity index (χ3v) is 5.26. The molecule has 0 saturated carbocycles. The summed E-state index contributed by atoms with van der Waals surface area (Å²) in [5.41, 5.74) is 1.88. The molecule has 3 rings (SSSR count). The molecule has 0 bridgehead atoms. The number of hydrogen-bond acceptors (Lipinski definition) is 2. The summed E-state index contributed by atoms with van der Waals surface area (Å²) in [4.78, 5) is 26.2. The number of aryl methyl sites for hydroxylation is 1. The van der Waals surface area contributed by atoms with E-state index in [1.54, 1.807) is 4.90 Å². The van der Waals surface area contributed by atoms with E-state index in [1.807, 2.05) is 19.1 Å². The van der Waals surface area contributed by atoms with Gasteiger partial charge in [-0.15, -0.1) is 0 Å². The summed E-state index contributed by atoms with van der Waals surface area (Å²) in [6.07, 6.45) is 4.33. The number of carboxylic acids is 1. The van der Waals surface area contributed by atoms with Gasteiger partial charge < -0.3 is 10.0 Å². The van der Waals surface area contributed by atoms with Crippen molar-refractivity contribution in [3.8, 4) is 0 Å². The quantitative estimate of drug-likeness (QED) is 0.913. The number of piperidine rings is 1. The number of carbonyl (C=O) groups is 2. The monoisotopic (exact) mass is 301 g/mol. The fourth-order valence-corrected chi connectivity index (χ4v) is 3.98. The lowest BCUT2D eigenvalue weighted by Gasteiger charge is -2.41. The molecule has 0 radical (unpaired) electrons. The molecule has 1 aliphatic heterocycles. The molecule has 0 aromatic heterocycles. The summed E-state index contributed by atoms with van der Waals surface area (Å²) in [6, 6.07) is 8.18. The van der Waals surface area contributed by atoms with E-state index in [-0.39, 0.29) is 5.91 Å². The van der Waals surface area contributed by atoms with E-state index < -0.39 is 17.3 Å². The molecule has 1 fully saturated rings. The molecule has 4 nitrogen and oxygen atoms in total. The first-order chi connectivity index (χ1) is 10.5. The lowest BCUT2D eigenvalue weighted by molar-refractivity contribution is -0.147. The molecule has 1 aliphatic carbocycles. The average Bonchev–Trinajstić information content (AvgIpc) is 2.54. The van der Waals surface area contributed by atoms with Gasteiger partial charge in [0, 0.05) is 13.1 Å². The molecule has 2 atom stereocenters. The predicted octanol–water partition coefficient (Wildman–Crippen LogP) is 2.60. The maximum Gasteiger partial charge on any atom is 0.308 e. The fourth-order valence-electron chi connectivity index (χ4n) is 3.98. The SMILES string of the molecule is CC1(C(=O)N2CCC[C@H](C(=O)O)C2)CCCc2ccccc21. The van der Waals surface area contributed by atoms with E-state index in [2.05, 4.69) is 12.1 Å². The Hall–Kier alpha value is -1.84. The lowest BCUT2D eigenvalue weighted by Crippen LogP contribution is -2.51. The Bertz CT molecular complexity index is 598. The van der Waals surface area contributed by atoms with Gasteiger partial charge in [0.1, 0.15) is 0 Å². The van der Waals surface area contributed by atoms with Gasteiger partial charge >= 0.3 is 5.97 Å². The van der Waals surface area contributed by atoms with Gasteiger partial charge in [-0.3, -0.25) is 9.59 Å². The predicted molar refractivity (Wildman–Crippen MR) is 83.7 cm³/mol. The minimum atomic E-state index is -0.785. The molecular weight excluding hydrogens is 278 g/mol. The maximum absolute atomic E-state index is 13.1. The van der Waals surface area contributed by atoms with Gasteiger partial charge in [-0.05, 0) is 50.2 Å². The highest BCUT2D eigenvalue weighted by molar-refractivity contribution is 5.89. The van der Waals surface area contributed by atoms with Crippen LogP contribution < -0.4 is 0 Å². The van der Waals surface area contributed by atoms with Crippen LogP contribution in [0.2, 0.25) is 0 Å². The molecule has 2 aliphatic rings. The number of fused-ring (bicyclic) bond motifs is 1. The fraction of sp³-hybridized carbons (Fsp3) is 0.556. The van der Waals surface area contributed by atoms with Gasteiger partial charge in [-0.25, -0.2) is 0 Å². The van der Waals surface area contributed by atoms with Crippen LogP contribution in [0, 0.1) is 5.92 Å². The van der Waals surface area contributed by atoms with E-state index in [1.165, 1.54) is 5.56 Å². The third kappa shape index (κ3) is 2.51. The second-order valence-corrected chi connectivity index (χ2v) is 6.77. The van der Waals surface area contributed by atoms with Crippen molar-refractivity contribution in [2.45, 2.75) is 44.4 Å². The van der Waals surface area contributed by atoms with Crippen LogP contribution in [0.1, 0.15) is 43.7 Å². The lowest BCUT2D eigenvalue weighted by atomic mass is 9.70. The second kappa shape index (κ2) is 5.75. The first-order valence-corrected chi connectivity index (χ1v) is 8.13. The molecule has 1 aromatic carbocycles. The average molecular weight is 301 g/mol. The van der Waals surface area contributed by atoms with Crippen molar-refractivity contribution in [2.75, 3.05) is 13.1 Å². The van der Waals surface area contributed by atoms with Crippen molar-refractivity contribution in [3.63, 3.8) is 0 Å². The molecule has 0 spiro atoms. The summed E-state index contributed by atoms with van der Waals surface area (Å²) in [5.74, 6) is -1.10. The summed E-state index contributed by atoms with van der Waals surface area (Å²) in [6.45, 7) is 3.06. The zero-order chi connectivity index (χ0) is 15.7. The number of aliphatic carboxylic acids is 1. The largest absolute Gasteiger partial charge is 0.481 e. The zero-order valence-electron chi connectivity index (χ0n) is 13.0. The number of nitrogens with zero attached hydrogens (tertiary/aromatic N) is 1. The number of hydrogen-bond donors (Lipinski definition) is 1. The Morgan fingerprint density at radius 3 is 2.82 bits per heavy atom. The van der Waals surface area contributed by atoms with Gasteiger partial charge in [0.15, 0.2) is 0 Å². The van der Waals surface area contributed by atoms with Crippen molar-refractivity contribution < 1.29 is 14.7 Å². The van der Waals surface area contributed by atoms with E-state index in [0.717, 1.165) is 31.2 Å². The topological polar surface area (TPSA) is 57.6 Å². The highest BCUT2D eigenvalue weighted by Crippen LogP contribution is 2.39. The van der Waals surface area contributed by atoms with Crippen LogP contribution in [0.15, 0.2) is 24.3 Å². The van der Waals surface area contributed by atoms with Crippen LogP contribution in [0.25, 0.3) is 0 Å². The minimum absolute atomic E-state index is 0.102. The van der Waals surface area contributed by atoms with Crippen LogP contribution in [0.4, 0.5) is 0 Å². The van der Waals surface area contributed by atoms with Crippen molar-refractivity contribution in [3.05, 3.63) is 35.4 Å². The highest BCUT2D eigenvalue weighted by Gasteiger charge is 2.42. The van der Waals surface area contributed by atoms with E-state index >= 15 is 0 Å². The van der Waals surface area contributed by atoms with E-state index in [9.17, 15) is 14.7 Å². The van der Waals surface area contributed by atoms with E-state index in [0.29, 0.717) is 19.5 Å². The Kier molecular flexibility index (Phi) is 3.94. The van der Waals surface area contributed by atoms with Crippen LogP contribution in [0.3, 0.4) is 0 Å². The molecule has 1 unspecified atom stereocenters. The molecule has 4 heteroatoms. The first-order valence-electron chi connectivity index (χ1n) is 8.13. The first kappa shape index (κ1) is 15.1. The minimum Gasteiger partial charge on any atom is -0.481 e. The number of likely N-dealkylation sites (tertiary alicyclic amines) is 1. The number of carbonyl (C=O) groups excluding carboxylic acids is 1. The van der Waals surface area contributed by atoms with Gasteiger partial charge in [-0.2, -0.15) is 0 Å². The molecule has 118 valence electrons.